The monoisotopic (exact) mass is 383 g/mol. The molecule has 5 rings (SSSR count). The van der Waals surface area contributed by atoms with Gasteiger partial charge in [-0.2, -0.15) is 5.10 Å². The predicted molar refractivity (Wildman–Crippen MR) is 110 cm³/mol. The quantitative estimate of drug-likeness (QED) is 0.516. The summed E-state index contributed by atoms with van der Waals surface area (Å²) in [5.41, 5.74) is 5.22. The number of imidazole rings is 2. The van der Waals surface area contributed by atoms with Crippen LogP contribution in [0.4, 0.5) is 5.69 Å². The first-order valence-electron chi connectivity index (χ1n) is 9.06. The first kappa shape index (κ1) is 16.9. The van der Waals surface area contributed by atoms with E-state index in [1.165, 1.54) is 6.92 Å². The average Bonchev–Trinajstić information content (AvgIpc) is 3.48. The van der Waals surface area contributed by atoms with Crippen molar-refractivity contribution in [3.63, 3.8) is 0 Å². The number of carbonyl (C=O) groups is 1. The van der Waals surface area contributed by atoms with Crippen molar-refractivity contribution in [1.29, 1.82) is 0 Å². The second-order valence-corrected chi connectivity index (χ2v) is 6.63. The summed E-state index contributed by atoms with van der Waals surface area (Å²) in [4.78, 5) is 20.3. The van der Waals surface area contributed by atoms with Gasteiger partial charge in [0.15, 0.2) is 0 Å². The SMILES string of the molecule is CC(=O)Nc1cc(-n2cccn2)cc(-n2cnc3cc(-n4ccnc4)ccc32)c1. The van der Waals surface area contributed by atoms with Gasteiger partial charge in [-0.15, -0.1) is 0 Å². The maximum atomic E-state index is 11.6. The minimum absolute atomic E-state index is 0.131. The smallest absolute Gasteiger partial charge is 0.221 e. The number of amides is 1. The molecule has 0 bridgehead atoms. The molecule has 0 fully saturated rings. The summed E-state index contributed by atoms with van der Waals surface area (Å²) < 4.78 is 5.68. The molecule has 8 nitrogen and oxygen atoms in total. The van der Waals surface area contributed by atoms with Crippen LogP contribution in [0.1, 0.15) is 6.92 Å². The van der Waals surface area contributed by atoms with Crippen LogP contribution in [0.15, 0.2) is 79.9 Å². The molecule has 0 atom stereocenters. The number of rotatable bonds is 4. The number of hydrogen-bond acceptors (Lipinski definition) is 4. The van der Waals surface area contributed by atoms with E-state index < -0.39 is 0 Å². The van der Waals surface area contributed by atoms with Crippen molar-refractivity contribution < 1.29 is 4.79 Å². The highest BCUT2D eigenvalue weighted by Gasteiger charge is 2.10. The molecule has 1 amide bonds. The second-order valence-electron chi connectivity index (χ2n) is 6.63. The van der Waals surface area contributed by atoms with Gasteiger partial charge in [0.25, 0.3) is 0 Å². The van der Waals surface area contributed by atoms with Crippen molar-refractivity contribution >= 4 is 22.6 Å². The van der Waals surface area contributed by atoms with Crippen molar-refractivity contribution in [1.82, 2.24) is 28.9 Å². The largest absolute Gasteiger partial charge is 0.326 e. The summed E-state index contributed by atoms with van der Waals surface area (Å²) in [6.07, 6.45) is 10.8. The molecule has 0 radical (unpaired) electrons. The second kappa shape index (κ2) is 6.75. The zero-order chi connectivity index (χ0) is 19.8. The molecule has 0 spiro atoms. The number of anilines is 1. The average molecular weight is 383 g/mol. The van der Waals surface area contributed by atoms with E-state index in [1.807, 2.05) is 64.0 Å². The Bertz CT molecular complexity index is 1300. The van der Waals surface area contributed by atoms with Crippen LogP contribution >= 0.6 is 0 Å². The molecule has 3 heterocycles. The van der Waals surface area contributed by atoms with Gasteiger partial charge in [-0.1, -0.05) is 0 Å². The highest BCUT2D eigenvalue weighted by atomic mass is 16.1. The zero-order valence-electron chi connectivity index (χ0n) is 15.6. The number of fused-ring (bicyclic) bond motifs is 1. The lowest BCUT2D eigenvalue weighted by Gasteiger charge is -2.12. The van der Waals surface area contributed by atoms with E-state index in [2.05, 4.69) is 20.4 Å². The third kappa shape index (κ3) is 3.16. The Balaban J connectivity index is 1.63. The van der Waals surface area contributed by atoms with Crippen LogP contribution in [0, 0.1) is 0 Å². The Morgan fingerprint density at radius 2 is 1.86 bits per heavy atom. The fourth-order valence-corrected chi connectivity index (χ4v) is 3.34. The standard InChI is InChI=1S/C21H17N7O/c1-15(29)25-16-9-18(11-19(10-16)28-7-2-5-24-28)27-14-23-20-12-17(3-4-21(20)27)26-8-6-22-13-26/h2-14H,1H3,(H,25,29). The summed E-state index contributed by atoms with van der Waals surface area (Å²) >= 11 is 0. The maximum absolute atomic E-state index is 11.6. The topological polar surface area (TPSA) is 82.6 Å². The van der Waals surface area contributed by atoms with E-state index in [4.69, 9.17) is 0 Å². The van der Waals surface area contributed by atoms with Gasteiger partial charge >= 0.3 is 0 Å². The van der Waals surface area contributed by atoms with E-state index >= 15 is 0 Å². The Morgan fingerprint density at radius 1 is 0.966 bits per heavy atom. The van der Waals surface area contributed by atoms with E-state index in [1.54, 1.807) is 29.7 Å². The number of aromatic nitrogens is 6. The molecule has 0 unspecified atom stereocenters. The van der Waals surface area contributed by atoms with Gasteiger partial charge in [-0.05, 0) is 42.5 Å². The lowest BCUT2D eigenvalue weighted by Crippen LogP contribution is -2.08. The van der Waals surface area contributed by atoms with Crippen LogP contribution in [0.5, 0.6) is 0 Å². The van der Waals surface area contributed by atoms with Crippen LogP contribution in [0.3, 0.4) is 0 Å². The van der Waals surface area contributed by atoms with Crippen molar-refractivity contribution in [3.8, 4) is 17.1 Å². The summed E-state index contributed by atoms with van der Waals surface area (Å²) in [6, 6.07) is 13.7. The number of benzene rings is 2. The van der Waals surface area contributed by atoms with E-state index in [9.17, 15) is 4.79 Å². The molecule has 0 aliphatic rings. The number of carbonyl (C=O) groups excluding carboxylic acids is 1. The number of hydrogen-bond donors (Lipinski definition) is 1. The molecule has 1 N–H and O–H groups in total. The highest BCUT2D eigenvalue weighted by Crippen LogP contribution is 2.25. The highest BCUT2D eigenvalue weighted by molar-refractivity contribution is 5.89. The normalized spacial score (nSPS) is 11.1. The van der Waals surface area contributed by atoms with Gasteiger partial charge in [-0.3, -0.25) is 9.36 Å². The summed E-state index contributed by atoms with van der Waals surface area (Å²) in [6.45, 7) is 1.49. The van der Waals surface area contributed by atoms with Gasteiger partial charge in [0.1, 0.15) is 6.33 Å². The van der Waals surface area contributed by atoms with Crippen LogP contribution in [0.25, 0.3) is 28.1 Å². The molecule has 2 aromatic carbocycles. The molecule has 142 valence electrons. The number of nitrogens with one attached hydrogen (secondary N) is 1. The summed E-state index contributed by atoms with van der Waals surface area (Å²) in [5, 5.41) is 7.16. The Labute approximate surface area is 166 Å². The Morgan fingerprint density at radius 3 is 2.62 bits per heavy atom. The van der Waals surface area contributed by atoms with Crippen molar-refractivity contribution in [2.45, 2.75) is 6.92 Å². The minimum atomic E-state index is -0.131. The van der Waals surface area contributed by atoms with Crippen LogP contribution < -0.4 is 5.32 Å². The van der Waals surface area contributed by atoms with Crippen molar-refractivity contribution in [3.05, 3.63) is 79.9 Å². The van der Waals surface area contributed by atoms with Crippen LogP contribution in [0.2, 0.25) is 0 Å². The predicted octanol–water partition coefficient (Wildman–Crippen LogP) is 3.36. The van der Waals surface area contributed by atoms with Crippen LogP contribution in [-0.2, 0) is 4.79 Å². The maximum Gasteiger partial charge on any atom is 0.221 e. The molecular formula is C21H17N7O. The summed E-state index contributed by atoms with van der Waals surface area (Å²) in [7, 11) is 0. The fraction of sp³-hybridized carbons (Fsp3) is 0.0476. The first-order valence-corrected chi connectivity index (χ1v) is 9.06. The zero-order valence-corrected chi connectivity index (χ0v) is 15.6. The molecule has 3 aromatic heterocycles. The van der Waals surface area contributed by atoms with Crippen molar-refractivity contribution in [2.75, 3.05) is 5.32 Å². The van der Waals surface area contributed by atoms with Gasteiger partial charge in [0, 0.05) is 43.1 Å². The lowest BCUT2D eigenvalue weighted by atomic mass is 10.2. The van der Waals surface area contributed by atoms with Gasteiger partial charge in [0.05, 0.1) is 28.7 Å². The fourth-order valence-electron chi connectivity index (χ4n) is 3.34. The lowest BCUT2D eigenvalue weighted by molar-refractivity contribution is -0.114. The molecule has 0 aliphatic heterocycles. The molecule has 29 heavy (non-hydrogen) atoms. The molecule has 0 saturated heterocycles. The molecular weight excluding hydrogens is 366 g/mol. The Hall–Kier alpha value is -4.20. The van der Waals surface area contributed by atoms with Crippen molar-refractivity contribution in [2.24, 2.45) is 0 Å². The summed E-state index contributed by atoms with van der Waals surface area (Å²) in [5.74, 6) is -0.131. The van der Waals surface area contributed by atoms with E-state index in [0.29, 0.717) is 5.69 Å². The molecule has 5 aromatic rings. The molecule has 8 heteroatoms. The third-order valence-electron chi connectivity index (χ3n) is 4.60. The van der Waals surface area contributed by atoms with Gasteiger partial charge in [0.2, 0.25) is 5.91 Å². The Kier molecular flexibility index (Phi) is 3.94. The van der Waals surface area contributed by atoms with E-state index in [0.717, 1.165) is 28.1 Å². The van der Waals surface area contributed by atoms with Crippen LogP contribution in [-0.4, -0.2) is 34.8 Å². The van der Waals surface area contributed by atoms with E-state index in [-0.39, 0.29) is 5.91 Å². The molecule has 0 saturated carbocycles. The number of nitrogens with zero attached hydrogens (tertiary/aromatic N) is 6. The molecule has 0 aliphatic carbocycles. The van der Waals surface area contributed by atoms with Gasteiger partial charge in [-0.25, -0.2) is 14.6 Å². The van der Waals surface area contributed by atoms with Gasteiger partial charge < -0.3 is 9.88 Å². The third-order valence-corrected chi connectivity index (χ3v) is 4.60. The minimum Gasteiger partial charge on any atom is -0.326 e. The first-order chi connectivity index (χ1) is 14.2.